The second-order valence-electron chi connectivity index (χ2n) is 6.85. The number of benzene rings is 1. The zero-order chi connectivity index (χ0) is 23.4. The van der Waals surface area contributed by atoms with Gasteiger partial charge < -0.3 is 14.7 Å². The Bertz CT molecular complexity index is 1490. The summed E-state index contributed by atoms with van der Waals surface area (Å²) >= 11 is 3.02. The highest BCUT2D eigenvalue weighted by atomic mass is 79.9. The van der Waals surface area contributed by atoms with Crippen molar-refractivity contribution in [2.75, 3.05) is 5.32 Å². The summed E-state index contributed by atoms with van der Waals surface area (Å²) in [4.78, 5) is 18.2. The van der Waals surface area contributed by atoms with Crippen LogP contribution in [-0.2, 0) is 0 Å². The molecule has 0 amide bonds. The Hall–Kier alpha value is -3.46. The van der Waals surface area contributed by atoms with Gasteiger partial charge in [0.1, 0.15) is 23.5 Å². The number of furan rings is 1. The van der Waals surface area contributed by atoms with Crippen molar-refractivity contribution in [2.45, 2.75) is 19.1 Å². The summed E-state index contributed by atoms with van der Waals surface area (Å²) in [6.45, 7) is 1.24. The molecule has 0 aliphatic carbocycles. The molecule has 0 spiro atoms. The van der Waals surface area contributed by atoms with Gasteiger partial charge in [-0.15, -0.1) is 0 Å². The molecule has 0 fully saturated rings. The number of anilines is 1. The molecule has 12 heteroatoms. The highest BCUT2D eigenvalue weighted by Crippen LogP contribution is 2.41. The number of nitrogens with zero attached hydrogens (tertiary/aromatic N) is 2. The Morgan fingerprint density at radius 2 is 1.94 bits per heavy atom. The average Bonchev–Trinajstić information content (AvgIpc) is 3.02. The number of aryl methyl sites for hydroxylation is 1. The Morgan fingerprint density at radius 1 is 1.22 bits per heavy atom. The molecule has 4 aromatic rings. The van der Waals surface area contributed by atoms with Gasteiger partial charge in [0, 0.05) is 28.5 Å². The monoisotopic (exact) mass is 512 g/mol. The van der Waals surface area contributed by atoms with Crippen molar-refractivity contribution in [3.05, 3.63) is 67.7 Å². The summed E-state index contributed by atoms with van der Waals surface area (Å²) < 4.78 is 74.7. The minimum Gasteiger partial charge on any atom is -0.455 e. The summed E-state index contributed by atoms with van der Waals surface area (Å²) in [5.74, 6) is -3.19. The van der Waals surface area contributed by atoms with E-state index in [2.05, 4.69) is 31.2 Å². The number of nitriles is 1. The van der Waals surface area contributed by atoms with Crippen LogP contribution in [0.25, 0.3) is 21.9 Å². The lowest BCUT2D eigenvalue weighted by Gasteiger charge is -2.21. The van der Waals surface area contributed by atoms with Gasteiger partial charge in [0.05, 0.1) is 9.99 Å². The number of halogens is 6. The number of H-pyrrole nitrogens is 1. The molecule has 3 aromatic heterocycles. The number of hydrogen-bond acceptors (Lipinski definition) is 5. The maximum absolute atomic E-state index is 14.0. The molecule has 0 aliphatic rings. The molecule has 0 saturated carbocycles. The first-order valence-corrected chi connectivity index (χ1v) is 9.64. The normalized spacial score (nSPS) is 12.8. The zero-order valence-corrected chi connectivity index (χ0v) is 17.5. The number of nitrogens with one attached hydrogen (secondary N) is 2. The van der Waals surface area contributed by atoms with Crippen LogP contribution >= 0.6 is 15.9 Å². The van der Waals surface area contributed by atoms with Crippen LogP contribution in [0.3, 0.4) is 0 Å². The van der Waals surface area contributed by atoms with Crippen LogP contribution in [0.4, 0.5) is 27.8 Å². The summed E-state index contributed by atoms with van der Waals surface area (Å²) in [5, 5.41) is 11.6. The number of hydrogen-bond donors (Lipinski definition) is 2. The number of pyridine rings is 2. The lowest BCUT2D eigenvalue weighted by molar-refractivity contribution is -0.147. The second kappa shape index (κ2) is 7.59. The minimum atomic E-state index is -4.94. The number of rotatable bonds is 3. The SMILES string of the molecule is Cc1c([C@@H](Nc2cc3[nH]c(=O)c(Br)cc3c(C#N)n2)C(F)(F)F)oc2c(F)cc(F)cc12. The quantitative estimate of drug-likeness (QED) is 0.348. The molecule has 1 aromatic carbocycles. The van der Waals surface area contributed by atoms with E-state index < -0.39 is 40.8 Å². The molecule has 2 N–H and O–H groups in total. The van der Waals surface area contributed by atoms with E-state index in [9.17, 15) is 32.0 Å². The Kier molecular flexibility index (Phi) is 5.16. The van der Waals surface area contributed by atoms with E-state index in [1.165, 1.54) is 13.0 Å². The van der Waals surface area contributed by atoms with Crippen molar-refractivity contribution in [2.24, 2.45) is 0 Å². The van der Waals surface area contributed by atoms with E-state index in [1.54, 1.807) is 6.07 Å². The molecule has 32 heavy (non-hydrogen) atoms. The minimum absolute atomic E-state index is 0.0719. The van der Waals surface area contributed by atoms with Crippen LogP contribution in [0, 0.1) is 29.9 Å². The number of alkyl halides is 3. The van der Waals surface area contributed by atoms with Gasteiger partial charge in [-0.3, -0.25) is 4.79 Å². The predicted octanol–water partition coefficient (Wildman–Crippen LogP) is 5.61. The molecule has 0 saturated heterocycles. The first kappa shape index (κ1) is 21.8. The zero-order valence-electron chi connectivity index (χ0n) is 15.9. The van der Waals surface area contributed by atoms with E-state index in [0.717, 1.165) is 12.1 Å². The molecule has 0 aliphatic heterocycles. The van der Waals surface area contributed by atoms with Crippen molar-refractivity contribution < 1.29 is 26.4 Å². The number of aromatic amines is 1. The van der Waals surface area contributed by atoms with Crippen LogP contribution in [0.5, 0.6) is 0 Å². The molecule has 3 heterocycles. The summed E-state index contributed by atoms with van der Waals surface area (Å²) in [6, 6.07) is 3.09. The van der Waals surface area contributed by atoms with Crippen molar-refractivity contribution in [1.82, 2.24) is 9.97 Å². The molecule has 0 radical (unpaired) electrons. The van der Waals surface area contributed by atoms with Crippen molar-refractivity contribution >= 4 is 43.6 Å². The number of aromatic nitrogens is 2. The van der Waals surface area contributed by atoms with Crippen LogP contribution in [0.2, 0.25) is 0 Å². The molecule has 1 atom stereocenters. The Labute approximate surface area is 183 Å². The van der Waals surface area contributed by atoms with Crippen LogP contribution in [0.15, 0.2) is 37.9 Å². The average molecular weight is 513 g/mol. The fourth-order valence-corrected chi connectivity index (χ4v) is 3.65. The van der Waals surface area contributed by atoms with Crippen molar-refractivity contribution in [3.8, 4) is 6.07 Å². The van der Waals surface area contributed by atoms with Gasteiger partial charge in [0.2, 0.25) is 0 Å². The highest BCUT2D eigenvalue weighted by Gasteiger charge is 2.45. The van der Waals surface area contributed by atoms with Crippen LogP contribution in [0.1, 0.15) is 23.1 Å². The molecular formula is C20H10BrF5N4O2. The topological polar surface area (TPSA) is 94.7 Å². The molecule has 164 valence electrons. The van der Waals surface area contributed by atoms with Gasteiger partial charge in [-0.2, -0.15) is 18.4 Å². The van der Waals surface area contributed by atoms with E-state index in [-0.39, 0.29) is 37.8 Å². The molecule has 0 bridgehead atoms. The van der Waals surface area contributed by atoms with E-state index >= 15 is 0 Å². The maximum atomic E-state index is 14.0. The standard InChI is InChI=1S/C20H10BrF5N4O2/c1-7-9-2-8(22)3-12(23)17(9)32-16(7)18(20(24,25)26)30-15-5-13-10(14(6-27)28-15)4-11(21)19(31)29-13/h2-5,18H,1H3,(H,28,30)(H,29,31)/t18-/m1/s1. The first-order valence-electron chi connectivity index (χ1n) is 8.84. The summed E-state index contributed by atoms with van der Waals surface area (Å²) in [6.07, 6.45) is -4.94. The molecular weight excluding hydrogens is 503 g/mol. The maximum Gasteiger partial charge on any atom is 0.415 e. The van der Waals surface area contributed by atoms with E-state index in [4.69, 9.17) is 4.42 Å². The van der Waals surface area contributed by atoms with Gasteiger partial charge in [0.25, 0.3) is 5.56 Å². The van der Waals surface area contributed by atoms with Gasteiger partial charge >= 0.3 is 6.18 Å². The van der Waals surface area contributed by atoms with Crippen molar-refractivity contribution in [1.29, 1.82) is 5.26 Å². The predicted molar refractivity (Wildman–Crippen MR) is 108 cm³/mol. The van der Waals surface area contributed by atoms with Crippen molar-refractivity contribution in [3.63, 3.8) is 0 Å². The van der Waals surface area contributed by atoms with Gasteiger partial charge in [-0.05, 0) is 35.0 Å². The van der Waals surface area contributed by atoms with Gasteiger partial charge in [-0.25, -0.2) is 13.8 Å². The van der Waals surface area contributed by atoms with E-state index in [0.29, 0.717) is 6.07 Å². The summed E-state index contributed by atoms with van der Waals surface area (Å²) in [7, 11) is 0. The lowest BCUT2D eigenvalue weighted by Crippen LogP contribution is -2.28. The highest BCUT2D eigenvalue weighted by molar-refractivity contribution is 9.10. The molecule has 6 nitrogen and oxygen atoms in total. The number of fused-ring (bicyclic) bond motifs is 2. The fourth-order valence-electron chi connectivity index (χ4n) is 3.32. The third kappa shape index (κ3) is 3.69. The van der Waals surface area contributed by atoms with Crippen LogP contribution < -0.4 is 10.9 Å². The smallest absolute Gasteiger partial charge is 0.415 e. The Morgan fingerprint density at radius 3 is 2.59 bits per heavy atom. The second-order valence-corrected chi connectivity index (χ2v) is 7.70. The van der Waals surface area contributed by atoms with E-state index in [1.807, 2.05) is 0 Å². The van der Waals surface area contributed by atoms with Gasteiger partial charge in [-0.1, -0.05) is 0 Å². The third-order valence-corrected chi connectivity index (χ3v) is 5.37. The largest absolute Gasteiger partial charge is 0.455 e. The molecule has 0 unspecified atom stereocenters. The van der Waals surface area contributed by atoms with Crippen LogP contribution in [-0.4, -0.2) is 16.1 Å². The van der Waals surface area contributed by atoms with Gasteiger partial charge in [0.15, 0.2) is 23.1 Å². The Balaban J connectivity index is 1.88. The fraction of sp³-hybridized carbons (Fsp3) is 0.150. The summed E-state index contributed by atoms with van der Waals surface area (Å²) in [5.41, 5.74) is -1.36. The third-order valence-electron chi connectivity index (χ3n) is 4.78. The lowest BCUT2D eigenvalue weighted by atomic mass is 10.1. The first-order chi connectivity index (χ1) is 15.0. The molecule has 4 rings (SSSR count).